The van der Waals surface area contributed by atoms with E-state index in [4.69, 9.17) is 4.74 Å². The van der Waals surface area contributed by atoms with Gasteiger partial charge in [-0.15, -0.1) is 0 Å². The summed E-state index contributed by atoms with van der Waals surface area (Å²) in [5, 5.41) is 13.1. The number of halogens is 1. The summed E-state index contributed by atoms with van der Waals surface area (Å²) < 4.78 is 7.79. The Morgan fingerprint density at radius 1 is 1.28 bits per heavy atom. The Labute approximate surface area is 195 Å². The molecule has 0 aliphatic carbocycles. The van der Waals surface area contributed by atoms with E-state index in [1.807, 2.05) is 6.92 Å². The lowest BCUT2D eigenvalue weighted by atomic mass is 10.0. The number of aromatic nitrogens is 3. The van der Waals surface area contributed by atoms with Crippen LogP contribution in [0.15, 0.2) is 41.3 Å². The van der Waals surface area contributed by atoms with E-state index in [-0.39, 0.29) is 5.91 Å². The quantitative estimate of drug-likeness (QED) is 0.573. The van der Waals surface area contributed by atoms with Gasteiger partial charge in [-0.3, -0.25) is 9.20 Å². The molecule has 0 saturated carbocycles. The predicted octanol–water partition coefficient (Wildman–Crippen LogP) is 2.82. The molecule has 1 unspecified atom stereocenters. The Morgan fingerprint density at radius 3 is 2.84 bits per heavy atom. The van der Waals surface area contributed by atoms with Crippen molar-refractivity contribution in [2.45, 2.75) is 38.8 Å². The maximum absolute atomic E-state index is 12.5. The summed E-state index contributed by atoms with van der Waals surface area (Å²) in [5.74, 6) is 0.204. The fourth-order valence-electron chi connectivity index (χ4n) is 4.00. The molecule has 1 atom stereocenters. The molecule has 1 amide bonds. The van der Waals surface area contributed by atoms with Crippen molar-refractivity contribution >= 4 is 27.5 Å². The number of carbonyl (C=O) groups excluding carboxylic acids is 1. The minimum atomic E-state index is -0.454. The first-order valence-electron chi connectivity index (χ1n) is 11.0. The number of aliphatic hydroxyl groups is 1. The van der Waals surface area contributed by atoms with Gasteiger partial charge in [-0.05, 0) is 59.8 Å². The van der Waals surface area contributed by atoms with E-state index in [1.54, 1.807) is 21.7 Å². The van der Waals surface area contributed by atoms with E-state index in [9.17, 15) is 9.90 Å². The molecule has 8 nitrogen and oxygen atoms in total. The van der Waals surface area contributed by atoms with Crippen molar-refractivity contribution in [3.05, 3.63) is 58.1 Å². The number of aliphatic hydroxyl groups excluding tert-OH is 1. The van der Waals surface area contributed by atoms with Crippen LogP contribution in [0.4, 0.5) is 0 Å². The number of likely N-dealkylation sites (tertiary alicyclic amines) is 1. The maximum Gasteiger partial charge on any atom is 0.274 e. The first-order chi connectivity index (χ1) is 15.5. The normalized spacial score (nSPS) is 18.0. The average molecular weight is 502 g/mol. The van der Waals surface area contributed by atoms with Crippen molar-refractivity contribution in [2.75, 3.05) is 26.2 Å². The third-order valence-electron chi connectivity index (χ3n) is 5.57. The zero-order valence-electron chi connectivity index (χ0n) is 18.1. The number of hydrogen-bond acceptors (Lipinski definition) is 6. The number of amides is 1. The predicted molar refractivity (Wildman–Crippen MR) is 125 cm³/mol. The van der Waals surface area contributed by atoms with Crippen molar-refractivity contribution in [1.29, 1.82) is 0 Å². The molecule has 170 valence electrons. The second-order valence-electron chi connectivity index (χ2n) is 7.90. The molecule has 2 aromatic heterocycles. The van der Waals surface area contributed by atoms with Gasteiger partial charge >= 0.3 is 0 Å². The van der Waals surface area contributed by atoms with E-state index >= 15 is 0 Å². The number of piperidine rings is 1. The molecule has 1 fully saturated rings. The Hall–Kier alpha value is -2.49. The number of ether oxygens (including phenoxy) is 1. The number of β-amino-alcohol motifs (C(OH)–C–C–N with tert-alkyl or cyclic N) is 1. The van der Waals surface area contributed by atoms with Gasteiger partial charge in [0.05, 0.1) is 12.7 Å². The molecule has 32 heavy (non-hydrogen) atoms. The smallest absolute Gasteiger partial charge is 0.274 e. The van der Waals surface area contributed by atoms with Crippen LogP contribution in [0.25, 0.3) is 5.65 Å². The molecule has 9 heteroatoms. The van der Waals surface area contributed by atoms with E-state index in [0.29, 0.717) is 41.5 Å². The molecular weight excluding hydrogens is 474 g/mol. The van der Waals surface area contributed by atoms with Gasteiger partial charge in [0.25, 0.3) is 11.8 Å². The van der Waals surface area contributed by atoms with Crippen molar-refractivity contribution in [3.8, 4) is 5.88 Å². The van der Waals surface area contributed by atoms with Gasteiger partial charge in [0.1, 0.15) is 10.3 Å². The molecule has 2 N–H and O–H groups in total. The van der Waals surface area contributed by atoms with Crippen LogP contribution in [0, 0.1) is 0 Å². The molecule has 3 aromatic rings. The van der Waals surface area contributed by atoms with Crippen LogP contribution in [0.1, 0.15) is 41.4 Å². The summed E-state index contributed by atoms with van der Waals surface area (Å²) in [6.45, 7) is 5.51. The van der Waals surface area contributed by atoms with Crippen molar-refractivity contribution < 1.29 is 14.6 Å². The van der Waals surface area contributed by atoms with Crippen LogP contribution in [0.2, 0.25) is 0 Å². The zero-order chi connectivity index (χ0) is 22.5. The van der Waals surface area contributed by atoms with Crippen LogP contribution in [-0.4, -0.2) is 62.6 Å². The topological polar surface area (TPSA) is 92.0 Å². The second-order valence-corrected chi connectivity index (χ2v) is 8.71. The first kappa shape index (κ1) is 22.7. The van der Waals surface area contributed by atoms with Gasteiger partial charge in [0, 0.05) is 32.0 Å². The lowest BCUT2D eigenvalue weighted by Crippen LogP contribution is -2.42. The highest BCUT2D eigenvalue weighted by atomic mass is 79.9. The second kappa shape index (κ2) is 10.4. The Bertz CT molecular complexity index is 1060. The summed E-state index contributed by atoms with van der Waals surface area (Å²) in [6, 6.07) is 8.63. The number of rotatable bonds is 3. The van der Waals surface area contributed by atoms with E-state index in [2.05, 4.69) is 55.5 Å². The molecule has 0 spiro atoms. The first-order valence-corrected chi connectivity index (χ1v) is 11.8. The molecule has 0 bridgehead atoms. The number of imidazole rings is 1. The summed E-state index contributed by atoms with van der Waals surface area (Å²) in [7, 11) is 0. The lowest BCUT2D eigenvalue weighted by Gasteiger charge is -2.29. The standard InChI is InChI=1S/C14H17BrN4O3.C9H11N/c1-2-22-13-12-16-10(7-19(12)8-11(15)17-13)14(21)18-5-3-4-9(20)6-18;1-2-4-9-7-10-6-5-8(9)3-1/h7-9,20H,2-6H2,1H3;1-4,10H,5-7H2. The van der Waals surface area contributed by atoms with Crippen LogP contribution in [-0.2, 0) is 13.0 Å². The molecular formula is C23H28BrN5O3. The van der Waals surface area contributed by atoms with Crippen LogP contribution in [0.3, 0.4) is 0 Å². The van der Waals surface area contributed by atoms with E-state index < -0.39 is 6.10 Å². The fourth-order valence-corrected chi connectivity index (χ4v) is 4.38. The van der Waals surface area contributed by atoms with Crippen LogP contribution >= 0.6 is 15.9 Å². The average Bonchev–Trinajstić information content (AvgIpc) is 3.23. The molecule has 1 aromatic carbocycles. The minimum Gasteiger partial charge on any atom is -0.475 e. The highest BCUT2D eigenvalue weighted by molar-refractivity contribution is 9.10. The summed E-state index contributed by atoms with van der Waals surface area (Å²) >= 11 is 3.32. The molecule has 1 saturated heterocycles. The monoisotopic (exact) mass is 501 g/mol. The summed E-state index contributed by atoms with van der Waals surface area (Å²) in [6.07, 6.45) is 5.67. The van der Waals surface area contributed by atoms with Crippen molar-refractivity contribution in [2.24, 2.45) is 0 Å². The molecule has 2 aliphatic heterocycles. The molecule has 2 aliphatic rings. The lowest BCUT2D eigenvalue weighted by molar-refractivity contribution is 0.0469. The Kier molecular flexibility index (Phi) is 7.39. The number of nitrogens with zero attached hydrogens (tertiary/aromatic N) is 4. The van der Waals surface area contributed by atoms with Crippen molar-refractivity contribution in [1.82, 2.24) is 24.6 Å². The van der Waals surface area contributed by atoms with Gasteiger partial charge < -0.3 is 20.1 Å². The Balaban J connectivity index is 0.000000203. The fraction of sp³-hybridized carbons (Fsp3) is 0.435. The van der Waals surface area contributed by atoms with Gasteiger partial charge in [-0.1, -0.05) is 24.3 Å². The highest BCUT2D eigenvalue weighted by Crippen LogP contribution is 2.22. The third-order valence-corrected chi connectivity index (χ3v) is 5.95. The van der Waals surface area contributed by atoms with Crippen molar-refractivity contribution in [3.63, 3.8) is 0 Å². The SMILES string of the molecule is CCOc1nc(Br)cn2cc(C(=O)N3CCCC(O)C3)nc12.c1ccc2c(c1)CCNC2. The molecule has 0 radical (unpaired) electrons. The maximum atomic E-state index is 12.5. The van der Waals surface area contributed by atoms with Gasteiger partial charge in [0.2, 0.25) is 5.65 Å². The van der Waals surface area contributed by atoms with E-state index in [0.717, 1.165) is 25.9 Å². The van der Waals surface area contributed by atoms with Gasteiger partial charge in [0.15, 0.2) is 0 Å². The minimum absolute atomic E-state index is 0.180. The van der Waals surface area contributed by atoms with Gasteiger partial charge in [-0.25, -0.2) is 9.97 Å². The molecule has 4 heterocycles. The third kappa shape index (κ3) is 5.28. The van der Waals surface area contributed by atoms with Crippen LogP contribution in [0.5, 0.6) is 5.88 Å². The van der Waals surface area contributed by atoms with E-state index in [1.165, 1.54) is 17.5 Å². The molecule has 5 rings (SSSR count). The highest BCUT2D eigenvalue weighted by Gasteiger charge is 2.25. The number of carbonyl (C=O) groups is 1. The summed E-state index contributed by atoms with van der Waals surface area (Å²) in [5.41, 5.74) is 3.82. The summed E-state index contributed by atoms with van der Waals surface area (Å²) in [4.78, 5) is 22.8. The largest absolute Gasteiger partial charge is 0.475 e. The number of fused-ring (bicyclic) bond motifs is 2. The Morgan fingerprint density at radius 2 is 2.09 bits per heavy atom. The number of hydrogen-bond donors (Lipinski definition) is 2. The van der Waals surface area contributed by atoms with Crippen LogP contribution < -0.4 is 10.1 Å². The zero-order valence-corrected chi connectivity index (χ0v) is 19.7. The number of benzene rings is 1. The number of nitrogens with one attached hydrogen (secondary N) is 1. The van der Waals surface area contributed by atoms with Gasteiger partial charge in [-0.2, -0.15) is 0 Å².